The molecule has 4 nitrogen and oxygen atoms in total. The quantitative estimate of drug-likeness (QED) is 0.334. The molecule has 0 bridgehead atoms. The van der Waals surface area contributed by atoms with Gasteiger partial charge in [0.1, 0.15) is 17.3 Å². The van der Waals surface area contributed by atoms with Crippen LogP contribution in [0.2, 0.25) is 0 Å². The van der Waals surface area contributed by atoms with Crippen LogP contribution in [0.25, 0.3) is 5.57 Å². The van der Waals surface area contributed by atoms with E-state index in [1.165, 1.54) is 6.92 Å². The molecule has 0 saturated heterocycles. The summed E-state index contributed by atoms with van der Waals surface area (Å²) in [6, 6.07) is 4.11. The van der Waals surface area contributed by atoms with Gasteiger partial charge in [-0.2, -0.15) is 0 Å². The van der Waals surface area contributed by atoms with Gasteiger partial charge in [0.2, 0.25) is 0 Å². The Bertz CT molecular complexity index is 911. The van der Waals surface area contributed by atoms with Crippen LogP contribution in [0.1, 0.15) is 68.7 Å². The first-order chi connectivity index (χ1) is 14.6. The van der Waals surface area contributed by atoms with Crippen molar-refractivity contribution in [2.75, 3.05) is 7.11 Å². The van der Waals surface area contributed by atoms with Crippen LogP contribution < -0.4 is 5.73 Å². The van der Waals surface area contributed by atoms with Gasteiger partial charge in [0.25, 0.3) is 0 Å². The van der Waals surface area contributed by atoms with Gasteiger partial charge < -0.3 is 15.3 Å². The highest BCUT2D eigenvalue weighted by Gasteiger charge is 2.39. The maximum atomic E-state index is 13.0. The van der Waals surface area contributed by atoms with Gasteiger partial charge in [-0.1, -0.05) is 44.7 Å². The first-order valence-corrected chi connectivity index (χ1v) is 10.8. The Kier molecular flexibility index (Phi) is 9.70. The van der Waals surface area contributed by atoms with Crippen molar-refractivity contribution >= 4 is 17.1 Å². The number of ketones is 2. The zero-order valence-electron chi connectivity index (χ0n) is 20.1. The van der Waals surface area contributed by atoms with Crippen LogP contribution in [0.5, 0.6) is 0 Å². The van der Waals surface area contributed by atoms with Crippen molar-refractivity contribution in [1.82, 2.24) is 0 Å². The number of aryl methyl sites for hydroxylation is 2. The van der Waals surface area contributed by atoms with E-state index in [2.05, 4.69) is 25.3 Å². The molecule has 2 atom stereocenters. The topological polar surface area (TPSA) is 69.4 Å². The Labute approximate surface area is 187 Å². The number of ether oxygens (including phenoxy) is 1. The van der Waals surface area contributed by atoms with E-state index in [1.807, 2.05) is 34.6 Å². The lowest BCUT2D eigenvalue weighted by Gasteiger charge is -2.19. The SMILES string of the molecule is C=C/C(=C\C(N)=C(/C)c1cc(C)c(C2C(=C)CC(CC(C)=O)C2=O)c(C)c1)OC.CC. The monoisotopic (exact) mass is 423 g/mol. The second kappa shape index (κ2) is 11.5. The van der Waals surface area contributed by atoms with E-state index in [4.69, 9.17) is 10.5 Å². The highest BCUT2D eigenvalue weighted by atomic mass is 16.5. The molecule has 0 aliphatic heterocycles. The molecule has 1 aliphatic carbocycles. The third kappa shape index (κ3) is 6.06. The third-order valence-electron chi connectivity index (χ3n) is 5.62. The summed E-state index contributed by atoms with van der Waals surface area (Å²) in [5.74, 6) is 0.152. The molecule has 0 radical (unpaired) electrons. The number of Topliss-reactive ketones (excluding diaryl/α,β-unsaturated/α-hetero) is 2. The normalized spacial score (nSPS) is 19.4. The molecule has 1 aromatic rings. The molecule has 31 heavy (non-hydrogen) atoms. The molecule has 0 spiro atoms. The van der Waals surface area contributed by atoms with Crippen molar-refractivity contribution in [1.29, 1.82) is 0 Å². The lowest BCUT2D eigenvalue weighted by Crippen LogP contribution is -2.17. The maximum Gasteiger partial charge on any atom is 0.148 e. The number of methoxy groups -OCH3 is 1. The summed E-state index contributed by atoms with van der Waals surface area (Å²) >= 11 is 0. The lowest BCUT2D eigenvalue weighted by atomic mass is 9.84. The van der Waals surface area contributed by atoms with Crippen LogP contribution in [0, 0.1) is 19.8 Å². The van der Waals surface area contributed by atoms with E-state index in [-0.39, 0.29) is 23.4 Å². The van der Waals surface area contributed by atoms with Gasteiger partial charge in [-0.3, -0.25) is 4.79 Å². The number of nitrogens with two attached hydrogens (primary N) is 1. The number of hydrogen-bond acceptors (Lipinski definition) is 4. The van der Waals surface area contributed by atoms with Gasteiger partial charge in [0.05, 0.1) is 13.0 Å². The van der Waals surface area contributed by atoms with Crippen molar-refractivity contribution in [3.8, 4) is 0 Å². The summed E-state index contributed by atoms with van der Waals surface area (Å²) in [5.41, 5.74) is 12.7. The van der Waals surface area contributed by atoms with E-state index in [9.17, 15) is 9.59 Å². The van der Waals surface area contributed by atoms with Gasteiger partial charge in [-0.05, 0) is 68.0 Å². The average molecular weight is 424 g/mol. The number of carbonyl (C=O) groups excluding carboxylic acids is 2. The first kappa shape index (κ1) is 26.2. The van der Waals surface area contributed by atoms with Crippen LogP contribution in [-0.4, -0.2) is 18.7 Å². The largest absolute Gasteiger partial charge is 0.497 e. The highest BCUT2D eigenvalue weighted by Crippen LogP contribution is 2.43. The van der Waals surface area contributed by atoms with Gasteiger partial charge in [-0.25, -0.2) is 0 Å². The van der Waals surface area contributed by atoms with Gasteiger partial charge in [0, 0.05) is 24.1 Å². The van der Waals surface area contributed by atoms with E-state index < -0.39 is 0 Å². The average Bonchev–Trinajstić information content (AvgIpc) is 2.99. The van der Waals surface area contributed by atoms with Crippen LogP contribution in [0.4, 0.5) is 0 Å². The van der Waals surface area contributed by atoms with Gasteiger partial charge in [-0.15, -0.1) is 0 Å². The molecule has 1 fully saturated rings. The lowest BCUT2D eigenvalue weighted by molar-refractivity contribution is -0.126. The molecule has 0 amide bonds. The van der Waals surface area contributed by atoms with Crippen molar-refractivity contribution in [2.45, 2.75) is 60.3 Å². The zero-order valence-corrected chi connectivity index (χ0v) is 20.1. The zero-order chi connectivity index (χ0) is 23.9. The van der Waals surface area contributed by atoms with E-state index in [1.54, 1.807) is 19.3 Å². The Morgan fingerprint density at radius 1 is 1.23 bits per heavy atom. The second-order valence-electron chi connectivity index (χ2n) is 7.86. The molecule has 1 aromatic carbocycles. The standard InChI is InChI=1S/C25H31NO3.C2H6/c1-8-21(29-7)13-22(26)18(6)19-9-14(2)23(15(3)10-19)24-16(4)11-20(25(24)28)12-17(5)27;1-2/h8-10,13,20,24H,1,4,11-12,26H2,2-3,5-7H3;1-2H3/b21-13+,22-18-;. The fourth-order valence-electron chi connectivity index (χ4n) is 4.11. The molecule has 2 unspecified atom stereocenters. The molecule has 1 aliphatic rings. The third-order valence-corrected chi connectivity index (χ3v) is 5.62. The minimum absolute atomic E-state index is 0.0415. The van der Waals surface area contributed by atoms with Crippen molar-refractivity contribution in [2.24, 2.45) is 11.7 Å². The van der Waals surface area contributed by atoms with E-state index in [0.29, 0.717) is 24.3 Å². The smallest absolute Gasteiger partial charge is 0.148 e. The summed E-state index contributed by atoms with van der Waals surface area (Å²) in [7, 11) is 1.57. The van der Waals surface area contributed by atoms with E-state index >= 15 is 0 Å². The Hall–Kier alpha value is -2.88. The Morgan fingerprint density at radius 3 is 2.23 bits per heavy atom. The molecule has 1 saturated carbocycles. The summed E-state index contributed by atoms with van der Waals surface area (Å²) in [4.78, 5) is 24.5. The maximum absolute atomic E-state index is 13.0. The fraction of sp³-hybridized carbons (Fsp3) is 0.407. The number of carbonyl (C=O) groups is 2. The minimum atomic E-state index is -0.337. The predicted octanol–water partition coefficient (Wildman–Crippen LogP) is 5.94. The highest BCUT2D eigenvalue weighted by molar-refractivity contribution is 5.97. The summed E-state index contributed by atoms with van der Waals surface area (Å²) in [6.07, 6.45) is 4.23. The molecule has 0 heterocycles. The molecule has 4 heteroatoms. The minimum Gasteiger partial charge on any atom is -0.497 e. The first-order valence-electron chi connectivity index (χ1n) is 10.8. The molecular weight excluding hydrogens is 386 g/mol. The van der Waals surface area contributed by atoms with Crippen molar-refractivity contribution in [3.05, 3.63) is 76.7 Å². The Morgan fingerprint density at radius 2 is 1.77 bits per heavy atom. The van der Waals surface area contributed by atoms with Gasteiger partial charge in [0.15, 0.2) is 0 Å². The number of benzene rings is 1. The predicted molar refractivity (Wildman–Crippen MR) is 130 cm³/mol. The summed E-state index contributed by atoms with van der Waals surface area (Å²) < 4.78 is 5.21. The van der Waals surface area contributed by atoms with Crippen molar-refractivity contribution < 1.29 is 14.3 Å². The number of allylic oxidation sites excluding steroid dienone is 4. The molecule has 2 N–H and O–H groups in total. The summed E-state index contributed by atoms with van der Waals surface area (Å²) in [5, 5.41) is 0. The fourth-order valence-corrected chi connectivity index (χ4v) is 4.11. The van der Waals surface area contributed by atoms with Crippen LogP contribution in [0.15, 0.2) is 54.5 Å². The van der Waals surface area contributed by atoms with Gasteiger partial charge >= 0.3 is 0 Å². The summed E-state index contributed by atoms with van der Waals surface area (Å²) in [6.45, 7) is 19.4. The van der Waals surface area contributed by atoms with Crippen LogP contribution in [-0.2, 0) is 14.3 Å². The second-order valence-corrected chi connectivity index (χ2v) is 7.86. The molecule has 2 rings (SSSR count). The van der Waals surface area contributed by atoms with Crippen molar-refractivity contribution in [3.63, 3.8) is 0 Å². The number of hydrogen-bond donors (Lipinski definition) is 1. The Balaban J connectivity index is 0.00000233. The molecular formula is C27H37NO3. The van der Waals surface area contributed by atoms with Crippen LogP contribution in [0.3, 0.4) is 0 Å². The molecule has 0 aromatic heterocycles. The van der Waals surface area contributed by atoms with E-state index in [0.717, 1.165) is 33.4 Å². The van der Waals surface area contributed by atoms with Crippen LogP contribution >= 0.6 is 0 Å². The molecule has 168 valence electrons. The number of rotatable bonds is 7.